The Morgan fingerprint density at radius 3 is 2.68 bits per heavy atom. The number of aromatic nitrogens is 1. The van der Waals surface area contributed by atoms with Crippen LogP contribution in [0.25, 0.3) is 0 Å². The Morgan fingerprint density at radius 1 is 1.42 bits per heavy atom. The Hall–Kier alpha value is -0.900. The van der Waals surface area contributed by atoms with Gasteiger partial charge in [0.05, 0.1) is 16.6 Å². The Balaban J connectivity index is 2.10. The number of carboxylic acids is 1. The standard InChI is InChI=1S/C15H23NO2S/c1-4-11-5-6-13(15(17)18)12(7-11)8-14-16-9(2)10(3)19-14/h11-13H,4-8H2,1-3H3,(H,17,18). The molecule has 1 aliphatic carbocycles. The molecule has 0 aromatic carbocycles. The van der Waals surface area contributed by atoms with Crippen LogP contribution in [0.5, 0.6) is 0 Å². The monoisotopic (exact) mass is 281 g/mol. The Kier molecular flexibility index (Phi) is 4.61. The fraction of sp³-hybridized carbons (Fsp3) is 0.733. The van der Waals surface area contributed by atoms with Crippen molar-refractivity contribution in [3.05, 3.63) is 15.6 Å². The zero-order chi connectivity index (χ0) is 14.0. The second kappa shape index (κ2) is 6.04. The topological polar surface area (TPSA) is 50.2 Å². The zero-order valence-electron chi connectivity index (χ0n) is 12.0. The molecule has 0 bridgehead atoms. The highest BCUT2D eigenvalue weighted by molar-refractivity contribution is 7.11. The van der Waals surface area contributed by atoms with Crippen molar-refractivity contribution in [3.63, 3.8) is 0 Å². The van der Waals surface area contributed by atoms with Gasteiger partial charge in [-0.1, -0.05) is 13.3 Å². The molecule has 1 aromatic rings. The summed E-state index contributed by atoms with van der Waals surface area (Å²) in [5, 5.41) is 10.5. The molecule has 3 unspecified atom stereocenters. The molecule has 1 fully saturated rings. The number of rotatable bonds is 4. The highest BCUT2D eigenvalue weighted by Gasteiger charge is 2.34. The van der Waals surface area contributed by atoms with Crippen molar-refractivity contribution in [3.8, 4) is 0 Å². The first-order valence-electron chi connectivity index (χ1n) is 7.17. The average molecular weight is 281 g/mol. The highest BCUT2D eigenvalue weighted by atomic mass is 32.1. The fourth-order valence-corrected chi connectivity index (χ4v) is 4.16. The van der Waals surface area contributed by atoms with Gasteiger partial charge in [0.2, 0.25) is 0 Å². The molecule has 0 spiro atoms. The minimum absolute atomic E-state index is 0.174. The lowest BCUT2D eigenvalue weighted by molar-refractivity contribution is -0.145. The lowest BCUT2D eigenvalue weighted by Crippen LogP contribution is -2.31. The number of carbonyl (C=O) groups is 1. The minimum Gasteiger partial charge on any atom is -0.481 e. The predicted octanol–water partition coefficient (Wildman–Crippen LogP) is 3.83. The third kappa shape index (κ3) is 3.35. The lowest BCUT2D eigenvalue weighted by atomic mass is 9.72. The molecular weight excluding hydrogens is 258 g/mol. The van der Waals surface area contributed by atoms with E-state index in [1.165, 1.54) is 11.3 Å². The van der Waals surface area contributed by atoms with Gasteiger partial charge in [0.25, 0.3) is 0 Å². The van der Waals surface area contributed by atoms with Crippen LogP contribution < -0.4 is 0 Å². The Morgan fingerprint density at radius 2 is 2.16 bits per heavy atom. The van der Waals surface area contributed by atoms with Crippen molar-refractivity contribution in [1.29, 1.82) is 0 Å². The van der Waals surface area contributed by atoms with Crippen LogP contribution in [0.2, 0.25) is 0 Å². The molecule has 3 nitrogen and oxygen atoms in total. The van der Waals surface area contributed by atoms with Gasteiger partial charge in [-0.05, 0) is 44.9 Å². The summed E-state index contributed by atoms with van der Waals surface area (Å²) < 4.78 is 0. The van der Waals surface area contributed by atoms with E-state index in [4.69, 9.17) is 0 Å². The fourth-order valence-electron chi connectivity index (χ4n) is 3.13. The van der Waals surface area contributed by atoms with Gasteiger partial charge in [-0.25, -0.2) is 4.98 Å². The molecule has 1 aliphatic rings. The van der Waals surface area contributed by atoms with Crippen LogP contribution in [0, 0.1) is 31.6 Å². The highest BCUT2D eigenvalue weighted by Crippen LogP contribution is 2.38. The third-order valence-corrected chi connectivity index (χ3v) is 5.59. The summed E-state index contributed by atoms with van der Waals surface area (Å²) in [4.78, 5) is 17.2. The third-order valence-electron chi connectivity index (χ3n) is 4.50. The van der Waals surface area contributed by atoms with Gasteiger partial charge in [0, 0.05) is 11.3 Å². The number of nitrogens with zero attached hydrogens (tertiary/aromatic N) is 1. The van der Waals surface area contributed by atoms with Crippen LogP contribution in [0.4, 0.5) is 0 Å². The van der Waals surface area contributed by atoms with Crippen LogP contribution in [0.1, 0.15) is 48.2 Å². The van der Waals surface area contributed by atoms with Gasteiger partial charge in [0.15, 0.2) is 0 Å². The predicted molar refractivity (Wildman–Crippen MR) is 77.5 cm³/mol. The summed E-state index contributed by atoms with van der Waals surface area (Å²) in [5.41, 5.74) is 1.09. The first kappa shape index (κ1) is 14.5. The zero-order valence-corrected chi connectivity index (χ0v) is 12.8. The maximum atomic E-state index is 11.4. The molecule has 106 valence electrons. The first-order valence-corrected chi connectivity index (χ1v) is 7.98. The summed E-state index contributed by atoms with van der Waals surface area (Å²) >= 11 is 1.73. The molecule has 0 aliphatic heterocycles. The van der Waals surface area contributed by atoms with Crippen molar-refractivity contribution in [1.82, 2.24) is 4.98 Å². The van der Waals surface area contributed by atoms with Crippen molar-refractivity contribution in [2.45, 2.75) is 52.9 Å². The number of carboxylic acid groups (broad SMARTS) is 1. The van der Waals surface area contributed by atoms with Gasteiger partial charge in [-0.2, -0.15) is 0 Å². The average Bonchev–Trinajstić information content (AvgIpc) is 2.67. The summed E-state index contributed by atoms with van der Waals surface area (Å²) in [7, 11) is 0. The van der Waals surface area contributed by atoms with E-state index < -0.39 is 5.97 Å². The van der Waals surface area contributed by atoms with Gasteiger partial charge in [-0.3, -0.25) is 4.79 Å². The van der Waals surface area contributed by atoms with Crippen LogP contribution in [0.3, 0.4) is 0 Å². The van der Waals surface area contributed by atoms with E-state index in [-0.39, 0.29) is 11.8 Å². The summed E-state index contributed by atoms with van der Waals surface area (Å²) in [5.74, 6) is 0.167. The van der Waals surface area contributed by atoms with Crippen LogP contribution in [0.15, 0.2) is 0 Å². The van der Waals surface area contributed by atoms with Crippen LogP contribution in [-0.2, 0) is 11.2 Å². The van der Waals surface area contributed by atoms with E-state index in [1.54, 1.807) is 11.3 Å². The molecule has 3 atom stereocenters. The van der Waals surface area contributed by atoms with Gasteiger partial charge < -0.3 is 5.11 Å². The maximum Gasteiger partial charge on any atom is 0.306 e. The molecular formula is C15H23NO2S. The first-order chi connectivity index (χ1) is 9.01. The molecule has 0 saturated heterocycles. The SMILES string of the molecule is CCC1CCC(C(=O)O)C(Cc2nc(C)c(C)s2)C1. The summed E-state index contributed by atoms with van der Waals surface area (Å²) in [6.45, 7) is 6.32. The molecule has 1 heterocycles. The van der Waals surface area contributed by atoms with Crippen molar-refractivity contribution < 1.29 is 9.90 Å². The number of aliphatic carboxylic acids is 1. The smallest absolute Gasteiger partial charge is 0.306 e. The van der Waals surface area contributed by atoms with E-state index >= 15 is 0 Å². The van der Waals surface area contributed by atoms with Gasteiger partial charge in [-0.15, -0.1) is 11.3 Å². The number of aryl methyl sites for hydroxylation is 2. The second-order valence-electron chi connectivity index (χ2n) is 5.75. The normalized spacial score (nSPS) is 27.4. The van der Waals surface area contributed by atoms with E-state index in [0.29, 0.717) is 5.92 Å². The molecule has 0 amide bonds. The largest absolute Gasteiger partial charge is 0.481 e. The van der Waals surface area contributed by atoms with Crippen molar-refractivity contribution in [2.75, 3.05) is 0 Å². The molecule has 1 saturated carbocycles. The molecule has 0 radical (unpaired) electrons. The van der Waals surface area contributed by atoms with Crippen LogP contribution in [-0.4, -0.2) is 16.1 Å². The van der Waals surface area contributed by atoms with E-state index in [0.717, 1.165) is 36.4 Å². The number of thiazole rings is 1. The summed E-state index contributed by atoms with van der Waals surface area (Å²) in [6.07, 6.45) is 4.96. The van der Waals surface area contributed by atoms with Gasteiger partial charge >= 0.3 is 5.97 Å². The molecule has 1 aromatic heterocycles. The molecule has 19 heavy (non-hydrogen) atoms. The van der Waals surface area contributed by atoms with Crippen molar-refractivity contribution in [2.24, 2.45) is 17.8 Å². The Bertz CT molecular complexity index is 435. The number of hydrogen-bond donors (Lipinski definition) is 1. The number of hydrogen-bond acceptors (Lipinski definition) is 3. The second-order valence-corrected chi connectivity index (χ2v) is 7.03. The van der Waals surface area contributed by atoms with Crippen LogP contribution >= 0.6 is 11.3 Å². The Labute approximate surface area is 119 Å². The molecule has 4 heteroatoms. The molecule has 2 rings (SSSR count). The van der Waals surface area contributed by atoms with E-state index in [9.17, 15) is 9.90 Å². The van der Waals surface area contributed by atoms with E-state index in [2.05, 4.69) is 18.8 Å². The van der Waals surface area contributed by atoms with E-state index in [1.807, 2.05) is 6.92 Å². The van der Waals surface area contributed by atoms with Crippen molar-refractivity contribution >= 4 is 17.3 Å². The molecule has 1 N–H and O–H groups in total. The van der Waals surface area contributed by atoms with Gasteiger partial charge in [0.1, 0.15) is 0 Å². The lowest BCUT2D eigenvalue weighted by Gasteiger charge is -2.33. The quantitative estimate of drug-likeness (QED) is 0.912. The summed E-state index contributed by atoms with van der Waals surface area (Å²) in [6, 6.07) is 0. The minimum atomic E-state index is -0.621. The maximum absolute atomic E-state index is 11.4.